The molecule has 0 bridgehead atoms. The summed E-state index contributed by atoms with van der Waals surface area (Å²) >= 11 is 0. The van der Waals surface area contributed by atoms with Gasteiger partial charge in [-0.25, -0.2) is 28.2 Å². The van der Waals surface area contributed by atoms with Crippen LogP contribution in [0.3, 0.4) is 0 Å². The number of hydrogen-bond acceptors (Lipinski definition) is 8. The maximum absolute atomic E-state index is 14.4. The molecule has 6 rings (SSSR count). The predicted molar refractivity (Wildman–Crippen MR) is 190 cm³/mol. The lowest BCUT2D eigenvalue weighted by Crippen LogP contribution is -2.58. The predicted octanol–water partition coefficient (Wildman–Crippen LogP) is 5.06. The van der Waals surface area contributed by atoms with Crippen LogP contribution in [0.2, 0.25) is 0 Å². The van der Waals surface area contributed by atoms with Crippen LogP contribution in [0.4, 0.5) is 22.8 Å². The molecule has 13 nitrogen and oxygen atoms in total. The number of rotatable bonds is 6. The molecule has 16 heteroatoms. The number of fused-ring (bicyclic) bond motifs is 3. The lowest BCUT2D eigenvalue weighted by atomic mass is 10.0. The molecule has 55 heavy (non-hydrogen) atoms. The van der Waals surface area contributed by atoms with Crippen LogP contribution < -0.4 is 16.1 Å². The molecule has 5 atom stereocenters. The van der Waals surface area contributed by atoms with Crippen LogP contribution in [0, 0.1) is 23.4 Å². The zero-order chi connectivity index (χ0) is 39.5. The summed E-state index contributed by atoms with van der Waals surface area (Å²) in [5.41, 5.74) is 0.483. The highest BCUT2D eigenvalue weighted by Gasteiger charge is 2.61. The second-order valence-electron chi connectivity index (χ2n) is 15.4. The highest BCUT2D eigenvalue weighted by atomic mass is 19.1. The van der Waals surface area contributed by atoms with E-state index in [2.05, 4.69) is 16.1 Å². The number of hydroxylamine groups is 1. The van der Waals surface area contributed by atoms with Gasteiger partial charge in [0.25, 0.3) is 5.91 Å². The molecule has 3 heterocycles. The number of ether oxygens (including phenoxy) is 2. The molecule has 296 valence electrons. The second kappa shape index (κ2) is 16.3. The van der Waals surface area contributed by atoms with Gasteiger partial charge in [-0.2, -0.15) is 0 Å². The van der Waals surface area contributed by atoms with E-state index < -0.39 is 94.8 Å². The molecule has 1 aliphatic carbocycles. The number of carbonyl (C=O) groups excluding carboxylic acids is 5. The van der Waals surface area contributed by atoms with Crippen LogP contribution in [0.5, 0.6) is 0 Å². The van der Waals surface area contributed by atoms with E-state index in [4.69, 9.17) is 14.3 Å². The smallest absolute Gasteiger partial charge is 0.410 e. The lowest BCUT2D eigenvalue weighted by molar-refractivity contribution is -0.144. The molecule has 0 spiro atoms. The Bertz CT molecular complexity index is 1830. The summed E-state index contributed by atoms with van der Waals surface area (Å²) in [5.74, 6) is -4.71. The molecule has 2 aromatic rings. The fourth-order valence-electron chi connectivity index (χ4n) is 7.28. The Morgan fingerprint density at radius 2 is 1.71 bits per heavy atom. The summed E-state index contributed by atoms with van der Waals surface area (Å²) < 4.78 is 54.1. The first-order valence-electron chi connectivity index (χ1n) is 18.5. The highest BCUT2D eigenvalue weighted by Crippen LogP contribution is 2.45. The number of hydrogen-bond donors (Lipinski definition) is 3. The van der Waals surface area contributed by atoms with Crippen LogP contribution in [-0.2, 0) is 48.4 Å². The number of benzene rings is 2. The van der Waals surface area contributed by atoms with Gasteiger partial charge >= 0.3 is 12.2 Å². The van der Waals surface area contributed by atoms with Crippen molar-refractivity contribution in [3.63, 3.8) is 0 Å². The zero-order valence-electron chi connectivity index (χ0n) is 31.0. The third-order valence-corrected chi connectivity index (χ3v) is 10.2. The molecular formula is C39H46F3N5O8. The van der Waals surface area contributed by atoms with E-state index in [1.165, 1.54) is 21.9 Å². The van der Waals surface area contributed by atoms with Crippen LogP contribution in [0.15, 0.2) is 48.6 Å². The normalized spacial score (nSPS) is 26.0. The number of halogens is 3. The SMILES string of the molecule is CC(C)(C)OC(=O)NC1CCCCC/C=C\C2CC2(C(=O)NOCc2c(F)cccc2F)NC(=O)[C@@H]2C[C@@H](OC(=O)N3Cc4cccc(F)c4C3)CN2C1=O. The minimum absolute atomic E-state index is 0.0137. The topological polar surface area (TPSA) is 156 Å². The van der Waals surface area contributed by atoms with Crippen molar-refractivity contribution < 1.29 is 51.5 Å². The number of alkyl carbamates (subject to hydrolysis) is 1. The van der Waals surface area contributed by atoms with E-state index in [-0.39, 0.29) is 38.9 Å². The van der Waals surface area contributed by atoms with Crippen molar-refractivity contribution in [1.29, 1.82) is 0 Å². The third-order valence-electron chi connectivity index (χ3n) is 10.2. The van der Waals surface area contributed by atoms with Gasteiger partial charge < -0.3 is 25.0 Å². The van der Waals surface area contributed by atoms with Crippen molar-refractivity contribution >= 4 is 29.9 Å². The maximum atomic E-state index is 14.4. The van der Waals surface area contributed by atoms with Crippen molar-refractivity contribution in [2.75, 3.05) is 6.54 Å². The largest absolute Gasteiger partial charge is 0.444 e. The Morgan fingerprint density at radius 3 is 2.44 bits per heavy atom. The standard InChI is InChI=1S/C39H46F3N5O8/c1-38(2,3)55-36(51)43-31-16-8-6-4-5-7-12-24-18-39(24,35(50)45-53-22-27-29(41)14-10-15-30(27)42)44-33(48)32-17-25(20-47(32)34(31)49)54-37(52)46-19-23-11-9-13-28(40)26(23)21-46/h7,9-15,24-25,31-32H,4-6,8,16-22H2,1-3H3,(H,43,51)(H,44,48)(H,45,50)/b12-7-/t24?,25-,31?,32+,39?/m1/s1. The van der Waals surface area contributed by atoms with Gasteiger partial charge in [0.05, 0.1) is 18.7 Å². The fourth-order valence-corrected chi connectivity index (χ4v) is 7.28. The summed E-state index contributed by atoms with van der Waals surface area (Å²) in [6, 6.07) is 5.56. The summed E-state index contributed by atoms with van der Waals surface area (Å²) in [6.07, 6.45) is 4.12. The van der Waals surface area contributed by atoms with E-state index in [0.717, 1.165) is 18.6 Å². The Labute approximate surface area is 316 Å². The van der Waals surface area contributed by atoms with Crippen LogP contribution >= 0.6 is 0 Å². The lowest BCUT2D eigenvalue weighted by Gasteiger charge is -2.30. The minimum atomic E-state index is -1.52. The van der Waals surface area contributed by atoms with Crippen molar-refractivity contribution in [2.45, 2.75) is 115 Å². The average molecular weight is 770 g/mol. The number of allylic oxidation sites excluding steroid dienone is 1. The Kier molecular flexibility index (Phi) is 11.7. The van der Waals surface area contributed by atoms with Crippen molar-refractivity contribution in [1.82, 2.24) is 25.9 Å². The first kappa shape index (κ1) is 39.6. The summed E-state index contributed by atoms with van der Waals surface area (Å²) in [5, 5.41) is 5.47. The molecule has 3 unspecified atom stereocenters. The zero-order valence-corrected chi connectivity index (χ0v) is 31.0. The molecule has 1 saturated carbocycles. The van der Waals surface area contributed by atoms with Crippen molar-refractivity contribution in [2.24, 2.45) is 5.92 Å². The number of nitrogens with one attached hydrogen (secondary N) is 3. The second-order valence-corrected chi connectivity index (χ2v) is 15.4. The molecule has 1 saturated heterocycles. The van der Waals surface area contributed by atoms with Crippen LogP contribution in [0.1, 0.15) is 82.4 Å². The van der Waals surface area contributed by atoms with Gasteiger partial charge in [-0.3, -0.25) is 24.1 Å². The van der Waals surface area contributed by atoms with Crippen LogP contribution in [0.25, 0.3) is 0 Å². The molecule has 4 aliphatic rings. The van der Waals surface area contributed by atoms with E-state index in [1.807, 2.05) is 12.2 Å². The van der Waals surface area contributed by atoms with Gasteiger partial charge in [0, 0.05) is 24.4 Å². The summed E-state index contributed by atoms with van der Waals surface area (Å²) in [7, 11) is 0. The number of carbonyl (C=O) groups is 5. The molecule has 5 amide bonds. The number of amides is 5. The van der Waals surface area contributed by atoms with Gasteiger partial charge in [-0.1, -0.05) is 43.2 Å². The van der Waals surface area contributed by atoms with E-state index in [1.54, 1.807) is 32.9 Å². The highest BCUT2D eigenvalue weighted by molar-refractivity contribution is 5.98. The number of nitrogens with zero attached hydrogens (tertiary/aromatic N) is 2. The maximum Gasteiger partial charge on any atom is 0.410 e. The van der Waals surface area contributed by atoms with E-state index in [0.29, 0.717) is 30.4 Å². The molecule has 2 aromatic carbocycles. The molecule has 3 N–H and O–H groups in total. The molecular weight excluding hydrogens is 723 g/mol. The average Bonchev–Trinajstić information content (AvgIpc) is 3.41. The third kappa shape index (κ3) is 9.23. The Balaban J connectivity index is 1.22. The first-order valence-corrected chi connectivity index (χ1v) is 18.5. The fraction of sp³-hybridized carbons (Fsp3) is 0.513. The van der Waals surface area contributed by atoms with Gasteiger partial charge in [-0.15, -0.1) is 0 Å². The van der Waals surface area contributed by atoms with Crippen molar-refractivity contribution in [3.8, 4) is 0 Å². The Morgan fingerprint density at radius 1 is 0.982 bits per heavy atom. The van der Waals surface area contributed by atoms with Gasteiger partial charge in [0.15, 0.2) is 0 Å². The van der Waals surface area contributed by atoms with E-state index in [9.17, 15) is 37.1 Å². The Hall–Kier alpha value is -5.12. The van der Waals surface area contributed by atoms with Gasteiger partial charge in [0.1, 0.15) is 53.4 Å². The quantitative estimate of drug-likeness (QED) is 0.272. The minimum Gasteiger partial charge on any atom is -0.444 e. The molecule has 2 fully saturated rings. The molecule has 3 aliphatic heterocycles. The summed E-state index contributed by atoms with van der Waals surface area (Å²) in [6.45, 7) is 4.34. The molecule has 0 radical (unpaired) electrons. The first-order chi connectivity index (χ1) is 26.1. The summed E-state index contributed by atoms with van der Waals surface area (Å²) in [4.78, 5) is 76.3. The van der Waals surface area contributed by atoms with Crippen LogP contribution in [-0.4, -0.2) is 75.6 Å². The molecule has 0 aromatic heterocycles. The van der Waals surface area contributed by atoms with Crippen molar-refractivity contribution in [3.05, 3.63) is 82.7 Å². The monoisotopic (exact) mass is 769 g/mol. The van der Waals surface area contributed by atoms with E-state index >= 15 is 0 Å². The van der Waals surface area contributed by atoms with Gasteiger partial charge in [-0.05, 0) is 70.2 Å². The van der Waals surface area contributed by atoms with Gasteiger partial charge in [0.2, 0.25) is 11.8 Å².